The van der Waals surface area contributed by atoms with Crippen LogP contribution in [0.3, 0.4) is 0 Å². The van der Waals surface area contributed by atoms with E-state index in [2.05, 4.69) is 104 Å². The highest BCUT2D eigenvalue weighted by Gasteiger charge is 2.27. The van der Waals surface area contributed by atoms with E-state index in [1.165, 1.54) is 55.9 Å². The maximum absolute atomic E-state index is 3.69. The number of allylic oxidation sites excluding steroid dienone is 6. The molecule has 1 heterocycles. The van der Waals surface area contributed by atoms with Gasteiger partial charge in [-0.05, 0) is 110 Å². The summed E-state index contributed by atoms with van der Waals surface area (Å²) in [6.07, 6.45) is 16.7. The third-order valence-electron chi connectivity index (χ3n) is 7.12. The summed E-state index contributed by atoms with van der Waals surface area (Å²) >= 11 is 0. The molecule has 5 rings (SSSR count). The predicted molar refractivity (Wildman–Crippen MR) is 148 cm³/mol. The van der Waals surface area contributed by atoms with Gasteiger partial charge in [-0.2, -0.15) is 0 Å². The monoisotopic (exact) mass is 458 g/mol. The molecule has 0 N–H and O–H groups in total. The second kappa shape index (κ2) is 10.0. The number of aryl methyl sites for hydroxylation is 6. The van der Waals surface area contributed by atoms with Gasteiger partial charge in [-0.3, -0.25) is 0 Å². The van der Waals surface area contributed by atoms with Gasteiger partial charge in [0.15, 0.2) is 0 Å². The standard InChI is InChI=1S/C33H34N2/c1-24-19-30(15-13-28-9-5-6-10-28)20-25(2)32(24)34-17-18-35(23-34)33-26(3)21-31(22-27(33)4)16-14-29-11-7-8-12-29/h5-9,11,19-22H,13-18H2,1-4H3. The smallest absolute Gasteiger partial charge is 0.208 e. The minimum atomic E-state index is 0.955. The second-order valence-corrected chi connectivity index (χ2v) is 9.95. The van der Waals surface area contributed by atoms with Crippen LogP contribution < -0.4 is 9.80 Å². The van der Waals surface area contributed by atoms with Crippen molar-refractivity contribution in [3.05, 3.63) is 123 Å². The Bertz CT molecular complexity index is 1190. The lowest BCUT2D eigenvalue weighted by molar-refractivity contribution is 0.956. The molecule has 3 aliphatic rings. The number of benzene rings is 2. The van der Waals surface area contributed by atoms with Crippen LogP contribution in [0, 0.1) is 34.4 Å². The van der Waals surface area contributed by atoms with Crippen molar-refractivity contribution in [3.63, 3.8) is 0 Å². The average Bonchev–Trinajstić information content (AvgIpc) is 3.59. The van der Waals surface area contributed by atoms with Crippen LogP contribution in [0.1, 0.15) is 46.2 Å². The van der Waals surface area contributed by atoms with Gasteiger partial charge in [-0.15, -0.1) is 11.5 Å². The molecule has 0 amide bonds. The van der Waals surface area contributed by atoms with Gasteiger partial charge in [-0.1, -0.05) is 48.6 Å². The van der Waals surface area contributed by atoms with Crippen molar-refractivity contribution in [1.29, 1.82) is 0 Å². The third-order valence-corrected chi connectivity index (χ3v) is 7.12. The minimum absolute atomic E-state index is 0.955. The molecule has 1 fully saturated rings. The number of hydrogen-bond donors (Lipinski definition) is 0. The number of rotatable bonds is 8. The zero-order valence-corrected chi connectivity index (χ0v) is 21.4. The van der Waals surface area contributed by atoms with Crippen molar-refractivity contribution in [2.75, 3.05) is 22.9 Å². The molecule has 0 unspecified atom stereocenters. The van der Waals surface area contributed by atoms with E-state index in [-0.39, 0.29) is 0 Å². The van der Waals surface area contributed by atoms with E-state index in [1.807, 2.05) is 12.2 Å². The Morgan fingerprint density at radius 1 is 0.600 bits per heavy atom. The molecule has 2 aromatic rings. The molecule has 0 atom stereocenters. The molecular formula is C33H34N2. The Labute approximate surface area is 211 Å². The number of hydrogen-bond acceptors (Lipinski definition) is 2. The van der Waals surface area contributed by atoms with Crippen molar-refractivity contribution in [2.24, 2.45) is 0 Å². The Hall–Kier alpha value is -3.44. The lowest BCUT2D eigenvalue weighted by atomic mass is 9.98. The van der Waals surface area contributed by atoms with Crippen LogP contribution in [0.2, 0.25) is 0 Å². The van der Waals surface area contributed by atoms with Crippen molar-refractivity contribution in [1.82, 2.24) is 0 Å². The molecule has 0 bridgehead atoms. The Morgan fingerprint density at radius 3 is 1.34 bits per heavy atom. The van der Waals surface area contributed by atoms with E-state index in [9.17, 15) is 0 Å². The van der Waals surface area contributed by atoms with Gasteiger partial charge in [0.1, 0.15) is 0 Å². The van der Waals surface area contributed by atoms with Gasteiger partial charge >= 0.3 is 0 Å². The van der Waals surface area contributed by atoms with Gasteiger partial charge in [0.05, 0.1) is 0 Å². The Kier molecular flexibility index (Phi) is 6.69. The molecule has 2 radical (unpaired) electrons. The molecule has 0 spiro atoms. The van der Waals surface area contributed by atoms with Gasteiger partial charge in [-0.25, -0.2) is 0 Å². The Balaban J connectivity index is 1.28. The summed E-state index contributed by atoms with van der Waals surface area (Å²) in [6.45, 7) is 14.5. The van der Waals surface area contributed by atoms with Gasteiger partial charge < -0.3 is 9.80 Å². The number of anilines is 2. The summed E-state index contributed by atoms with van der Waals surface area (Å²) in [5.74, 6) is 0. The molecule has 1 aliphatic heterocycles. The first kappa shape index (κ1) is 23.3. The molecule has 176 valence electrons. The Morgan fingerprint density at radius 2 is 1.00 bits per heavy atom. The molecule has 2 heteroatoms. The molecule has 35 heavy (non-hydrogen) atoms. The quantitative estimate of drug-likeness (QED) is 0.380. The summed E-state index contributed by atoms with van der Waals surface area (Å²) in [5.41, 5.74) is 19.9. The SMILES string of the molecule is Cc1cc(CCC2=C=CC=C2)cc(C)c1N1[C]N(c2c(C)cc(CCC3=C=CC=C3)cc2C)CC1. The highest BCUT2D eigenvalue weighted by Crippen LogP contribution is 2.35. The largest absolute Gasteiger partial charge is 0.339 e. The van der Waals surface area contributed by atoms with Crippen LogP contribution in [-0.2, 0) is 12.8 Å². The van der Waals surface area contributed by atoms with Crippen molar-refractivity contribution >= 4 is 11.4 Å². The van der Waals surface area contributed by atoms with Crippen LogP contribution in [0.5, 0.6) is 0 Å². The zero-order chi connectivity index (χ0) is 24.4. The summed E-state index contributed by atoms with van der Waals surface area (Å²) in [6, 6.07) is 9.41. The highest BCUT2D eigenvalue weighted by atomic mass is 15.4. The summed E-state index contributed by atoms with van der Waals surface area (Å²) in [4.78, 5) is 4.63. The second-order valence-electron chi connectivity index (χ2n) is 9.95. The van der Waals surface area contributed by atoms with Crippen LogP contribution in [0.4, 0.5) is 11.4 Å². The molecular weight excluding hydrogens is 424 g/mol. The van der Waals surface area contributed by atoms with Crippen LogP contribution in [0.15, 0.2) is 83.3 Å². The third kappa shape index (κ3) is 5.15. The van der Waals surface area contributed by atoms with E-state index in [1.54, 1.807) is 0 Å². The maximum Gasteiger partial charge on any atom is 0.208 e. The van der Waals surface area contributed by atoms with Gasteiger partial charge in [0.25, 0.3) is 0 Å². The maximum atomic E-state index is 3.69. The lowest BCUT2D eigenvalue weighted by Crippen LogP contribution is -2.21. The topological polar surface area (TPSA) is 6.48 Å². The summed E-state index contributed by atoms with van der Waals surface area (Å²) in [7, 11) is 0. The van der Waals surface area contributed by atoms with Crippen LogP contribution >= 0.6 is 0 Å². The van der Waals surface area contributed by atoms with Gasteiger partial charge in [0, 0.05) is 24.5 Å². The first-order valence-electron chi connectivity index (χ1n) is 12.7. The normalized spacial score (nSPS) is 16.1. The van der Waals surface area contributed by atoms with Crippen LogP contribution in [0.25, 0.3) is 0 Å². The first-order valence-corrected chi connectivity index (χ1v) is 12.7. The predicted octanol–water partition coefficient (Wildman–Crippen LogP) is 7.41. The highest BCUT2D eigenvalue weighted by molar-refractivity contribution is 5.68. The summed E-state index contributed by atoms with van der Waals surface area (Å²) < 4.78 is 0. The fourth-order valence-corrected chi connectivity index (χ4v) is 5.60. The van der Waals surface area contributed by atoms with E-state index in [4.69, 9.17) is 0 Å². The van der Waals surface area contributed by atoms with Crippen molar-refractivity contribution in [2.45, 2.75) is 53.4 Å². The van der Waals surface area contributed by atoms with E-state index < -0.39 is 0 Å². The first-order chi connectivity index (χ1) is 17.0. The van der Waals surface area contributed by atoms with Crippen LogP contribution in [-0.4, -0.2) is 13.1 Å². The van der Waals surface area contributed by atoms with E-state index in [0.717, 1.165) is 38.8 Å². The molecule has 2 aliphatic carbocycles. The van der Waals surface area contributed by atoms with E-state index in [0.29, 0.717) is 0 Å². The summed E-state index contributed by atoms with van der Waals surface area (Å²) in [5, 5.41) is 0. The number of nitrogens with zero attached hydrogens (tertiary/aromatic N) is 2. The lowest BCUT2D eigenvalue weighted by Gasteiger charge is -2.25. The van der Waals surface area contributed by atoms with Crippen molar-refractivity contribution < 1.29 is 0 Å². The minimum Gasteiger partial charge on any atom is -0.339 e. The molecule has 2 aromatic carbocycles. The molecule has 0 aromatic heterocycles. The fourth-order valence-electron chi connectivity index (χ4n) is 5.60. The van der Waals surface area contributed by atoms with Gasteiger partial charge in [0.2, 0.25) is 6.67 Å². The van der Waals surface area contributed by atoms with Crippen molar-refractivity contribution in [3.8, 4) is 0 Å². The zero-order valence-electron chi connectivity index (χ0n) is 21.4. The average molecular weight is 459 g/mol. The molecule has 2 nitrogen and oxygen atoms in total. The molecule has 1 saturated heterocycles. The van der Waals surface area contributed by atoms with E-state index >= 15 is 0 Å². The fraction of sp³-hybridized carbons (Fsp3) is 0.303. The molecule has 0 saturated carbocycles.